The molecule has 0 bridgehead atoms. The lowest BCUT2D eigenvalue weighted by Crippen LogP contribution is -2.39. The summed E-state index contributed by atoms with van der Waals surface area (Å²) in [5, 5.41) is 32.8. The smallest absolute Gasteiger partial charge is 0.490 e. The molecule has 0 aliphatic carbocycles. The van der Waals surface area contributed by atoms with E-state index in [1.54, 1.807) is 6.92 Å². The molecule has 3 fully saturated rings. The molecule has 5 aromatic rings. The van der Waals surface area contributed by atoms with Crippen molar-refractivity contribution in [3.63, 3.8) is 0 Å². The molecule has 8 rings (SSSR count). The molecule has 42 heteroatoms. The number of ether oxygens (including phenoxy) is 4. The summed E-state index contributed by atoms with van der Waals surface area (Å²) in [5.41, 5.74) is 9.19. The molecule has 0 radical (unpaired) electrons. The third-order valence-electron chi connectivity index (χ3n) is 12.3. The zero-order valence-corrected chi connectivity index (χ0v) is 44.3. The molecule has 78 heavy (non-hydrogen) atoms. The van der Waals surface area contributed by atoms with Gasteiger partial charge in [0.1, 0.15) is 54.6 Å². The van der Waals surface area contributed by atoms with E-state index in [0.717, 1.165) is 32.0 Å². The van der Waals surface area contributed by atoms with E-state index in [0.29, 0.717) is 4.57 Å². The Kier molecular flexibility index (Phi) is 17.2. The topological polar surface area (TPSA) is 530 Å². The van der Waals surface area contributed by atoms with Crippen LogP contribution in [0, 0.1) is 5.92 Å². The van der Waals surface area contributed by atoms with Crippen molar-refractivity contribution in [2.45, 2.75) is 87.4 Å². The SMILES string of the molecule is CC[n+]1cn([C@@H]2O[C@H](COP(=O)(O)OP(=O)(O)OP(=O)(O)OCC3O[C@@H](n4cnc5c(N)ncnc54)[C@H](OC)[C@@H]3OP(=O)([O-])OC[C@H]3O[C@@H](n4ccc(=O)[nH]c4=O)[C@H](O)[C@@H]3O)[C@@H](CC(=O)N(C)C)[C@H]2O)c2nc(N)[nH]c(=O)c21. The maximum absolute atomic E-state index is 13.5. The summed E-state index contributed by atoms with van der Waals surface area (Å²) in [6.07, 6.45) is -14.6. The number of H-pyrrole nitrogens is 2. The molecule has 3 aliphatic heterocycles. The molecule has 0 spiro atoms. The fraction of sp³-hybridized carbons (Fsp3) is 0.583. The van der Waals surface area contributed by atoms with Crippen LogP contribution >= 0.6 is 31.3 Å². The number of nitrogens with zero attached hydrogens (tertiary/aromatic N) is 9. The molecule has 16 atom stereocenters. The number of fused-ring (bicyclic) bond motifs is 2. The lowest BCUT2D eigenvalue weighted by atomic mass is 9.94. The Morgan fingerprint density at radius 1 is 0.808 bits per heavy atom. The first-order chi connectivity index (χ1) is 36.5. The van der Waals surface area contributed by atoms with E-state index in [2.05, 4.69) is 33.5 Å². The Labute approximate surface area is 435 Å². The molecular weight excluding hydrogens is 1140 g/mol. The van der Waals surface area contributed by atoms with E-state index in [9.17, 15) is 72.3 Å². The van der Waals surface area contributed by atoms with Crippen molar-refractivity contribution in [3.8, 4) is 0 Å². The molecule has 38 nitrogen and oxygen atoms in total. The Hall–Kier alpha value is -5.11. The van der Waals surface area contributed by atoms with Gasteiger partial charge >= 0.3 is 34.7 Å². The number of phosphoric acid groups is 4. The number of imidazole rings is 2. The quantitative estimate of drug-likeness (QED) is 0.0232. The van der Waals surface area contributed by atoms with E-state index < -0.39 is 154 Å². The maximum atomic E-state index is 13.5. The normalized spacial score (nSPS) is 29.6. The molecule has 8 heterocycles. The fourth-order valence-electron chi connectivity index (χ4n) is 8.65. The van der Waals surface area contributed by atoms with Gasteiger partial charge in [0.25, 0.3) is 24.5 Å². The number of phosphoric ester groups is 3. The van der Waals surface area contributed by atoms with Crippen LogP contribution in [0.4, 0.5) is 11.8 Å². The second kappa shape index (κ2) is 22.8. The van der Waals surface area contributed by atoms with Gasteiger partial charge in [-0.1, -0.05) is 0 Å². The average molecular weight is 1190 g/mol. The van der Waals surface area contributed by atoms with Crippen LogP contribution in [0.15, 0.2) is 45.6 Å². The summed E-state index contributed by atoms with van der Waals surface area (Å²) in [6, 6.07) is 0.911. The average Bonchev–Trinajstić information content (AvgIpc) is 4.38. The van der Waals surface area contributed by atoms with Crippen LogP contribution in [0.1, 0.15) is 32.0 Å². The second-order valence-corrected chi connectivity index (χ2v) is 23.5. The summed E-state index contributed by atoms with van der Waals surface area (Å²) < 4.78 is 109. The zero-order valence-electron chi connectivity index (χ0n) is 40.8. The van der Waals surface area contributed by atoms with Crippen molar-refractivity contribution < 1.29 is 108 Å². The fourth-order valence-corrected chi connectivity index (χ4v) is 13.1. The van der Waals surface area contributed by atoms with Crippen LogP contribution in [-0.4, -0.2) is 174 Å². The minimum absolute atomic E-state index is 0.0170. The Morgan fingerprint density at radius 2 is 1.44 bits per heavy atom. The second-order valence-electron chi connectivity index (χ2n) is 17.5. The summed E-state index contributed by atoms with van der Waals surface area (Å²) in [5.74, 6) is -2.21. The molecular formula is C36H51N13O25P4. The highest BCUT2D eigenvalue weighted by Crippen LogP contribution is 2.68. The number of nitrogen functional groups attached to an aromatic ring is 2. The number of methoxy groups -OCH3 is 1. The number of aryl methyl sites for hydroxylation is 1. The number of hydrogen-bond acceptors (Lipinski definition) is 28. The lowest BCUT2D eigenvalue weighted by Gasteiger charge is -2.31. The monoisotopic (exact) mass is 1190 g/mol. The summed E-state index contributed by atoms with van der Waals surface area (Å²) in [7, 11) is -20.0. The van der Waals surface area contributed by atoms with Crippen LogP contribution in [0.3, 0.4) is 0 Å². The number of aromatic amines is 2. The van der Waals surface area contributed by atoms with Crippen LogP contribution in [0.2, 0.25) is 0 Å². The number of amides is 1. The van der Waals surface area contributed by atoms with Gasteiger partial charge in [0.05, 0.1) is 38.8 Å². The minimum atomic E-state index is -6.25. The van der Waals surface area contributed by atoms with Gasteiger partial charge in [-0.2, -0.15) is 18.2 Å². The van der Waals surface area contributed by atoms with Crippen LogP contribution in [0.25, 0.3) is 22.3 Å². The molecule has 3 aliphatic rings. The number of nitrogens with one attached hydrogen (secondary N) is 2. The van der Waals surface area contributed by atoms with E-state index in [4.69, 9.17) is 48.5 Å². The van der Waals surface area contributed by atoms with Crippen molar-refractivity contribution in [2.24, 2.45) is 5.92 Å². The van der Waals surface area contributed by atoms with Crippen LogP contribution < -0.4 is 37.7 Å². The van der Waals surface area contributed by atoms with Crippen molar-refractivity contribution in [1.82, 2.24) is 48.5 Å². The van der Waals surface area contributed by atoms with Gasteiger partial charge in [-0.3, -0.25) is 47.1 Å². The lowest BCUT2D eigenvalue weighted by molar-refractivity contribution is -0.669. The van der Waals surface area contributed by atoms with Gasteiger partial charge in [-0.05, 0) is 6.92 Å². The Bertz CT molecular complexity index is 3430. The third kappa shape index (κ3) is 12.6. The summed E-state index contributed by atoms with van der Waals surface area (Å²) in [4.78, 5) is 117. The largest absolute Gasteiger partial charge is 0.756 e. The predicted octanol–water partition coefficient (Wildman–Crippen LogP) is -4.29. The molecule has 3 saturated heterocycles. The Balaban J connectivity index is 0.954. The molecule has 1 amide bonds. The van der Waals surface area contributed by atoms with E-state index in [1.165, 1.54) is 39.0 Å². The number of carbonyl (C=O) groups is 1. The van der Waals surface area contributed by atoms with E-state index in [1.807, 2.05) is 4.98 Å². The first-order valence-corrected chi connectivity index (χ1v) is 28.6. The van der Waals surface area contributed by atoms with Gasteiger partial charge in [-0.15, -0.1) is 0 Å². The minimum Gasteiger partial charge on any atom is -0.756 e. The highest BCUT2D eigenvalue weighted by Gasteiger charge is 2.53. The highest BCUT2D eigenvalue weighted by atomic mass is 31.3. The number of aliphatic hydroxyl groups is 3. The molecule has 0 aromatic carbocycles. The van der Waals surface area contributed by atoms with Gasteiger partial charge in [0.2, 0.25) is 24.4 Å². The Morgan fingerprint density at radius 3 is 2.08 bits per heavy atom. The number of aromatic nitrogens is 10. The summed E-state index contributed by atoms with van der Waals surface area (Å²) in [6.45, 7) is -1.54. The molecule has 430 valence electrons. The molecule has 5 aromatic heterocycles. The van der Waals surface area contributed by atoms with Crippen molar-refractivity contribution in [1.29, 1.82) is 0 Å². The van der Waals surface area contributed by atoms with Crippen molar-refractivity contribution in [3.05, 3.63) is 62.4 Å². The zero-order chi connectivity index (χ0) is 57.0. The number of hydrogen-bond donors (Lipinski definition) is 10. The third-order valence-corrected chi connectivity index (χ3v) is 17.5. The number of carbonyl (C=O) groups excluding carboxylic acids is 1. The number of rotatable bonds is 22. The van der Waals surface area contributed by atoms with E-state index in [-0.39, 0.29) is 40.6 Å². The van der Waals surface area contributed by atoms with Crippen molar-refractivity contribution >= 4 is 71.3 Å². The molecule has 0 saturated carbocycles. The van der Waals surface area contributed by atoms with Gasteiger partial charge in [0.15, 0.2) is 23.9 Å². The van der Waals surface area contributed by atoms with Gasteiger partial charge < -0.3 is 79.3 Å². The first kappa shape index (κ1) is 59.0. The molecule has 12 N–H and O–H groups in total. The standard InChI is InChI=1S/C36H51N13O25P4/c1-5-46-14-49(30-22(46)31(55)44-35(38)43-30)32-23(52)15(8-20(51)45(2)3)16(69-32)9-67-76(59,60)73-78(63,64)74-77(61,62)68-11-18-26(27(65-4)34(71-18)48-13-41-21-28(37)39-12-40-29(21)48)72-75(57,58)66-10-17-24(53)25(54)33(70-17)47-7-6-19(50)42-36(47)56/h6-7,12-18,23-27,32-34,52-54H,5,8-11H2,1-4H3,(H9-,37,38,39,40,42,43,44,50,55,56,57,58,59,60,61,62,63,64)/t15-,16-,17-,18?,23-,24-,25-,26-,27-,32-,33-,34-/m1/s1. The number of anilines is 2. The molecule has 5 unspecified atom stereocenters. The maximum Gasteiger partial charge on any atom is 0.490 e. The van der Waals surface area contributed by atoms with Crippen LogP contribution in [0.5, 0.6) is 0 Å². The number of nitrogens with two attached hydrogens (primary N) is 2. The summed E-state index contributed by atoms with van der Waals surface area (Å²) >= 11 is 0. The number of aliphatic hydroxyl groups excluding tert-OH is 3. The van der Waals surface area contributed by atoms with E-state index >= 15 is 0 Å². The van der Waals surface area contributed by atoms with Crippen molar-refractivity contribution in [2.75, 3.05) is 52.5 Å². The first-order valence-electron chi connectivity index (χ1n) is 22.6. The van der Waals surface area contributed by atoms with Crippen LogP contribution in [-0.2, 0) is 75.3 Å². The van der Waals surface area contributed by atoms with Gasteiger partial charge in [-0.25, -0.2) is 38.0 Å². The highest BCUT2D eigenvalue weighted by molar-refractivity contribution is 7.66. The predicted molar refractivity (Wildman–Crippen MR) is 251 cm³/mol. The van der Waals surface area contributed by atoms with Gasteiger partial charge in [0, 0.05) is 45.8 Å².